The van der Waals surface area contributed by atoms with Gasteiger partial charge < -0.3 is 14.2 Å². The van der Waals surface area contributed by atoms with Crippen molar-refractivity contribution in [1.29, 1.82) is 0 Å². The van der Waals surface area contributed by atoms with E-state index in [1.165, 1.54) is 25.6 Å². The van der Waals surface area contributed by atoms with Gasteiger partial charge in [-0.3, -0.25) is 44.6 Å². The highest BCUT2D eigenvalue weighted by Gasteiger charge is 2.37. The van der Waals surface area contributed by atoms with Crippen molar-refractivity contribution in [3.63, 3.8) is 0 Å². The molecule has 0 aliphatic rings. The van der Waals surface area contributed by atoms with E-state index in [0.717, 1.165) is 20.3 Å². The van der Waals surface area contributed by atoms with Crippen LogP contribution < -0.4 is 0 Å². The SMILES string of the molecule is COC(=O)C(C(=O)OC)c1ncc(Br)cc1[N+](=O)[O-].COC(=O)Cc1ncc(Br)cc1[N+](=O)[O-]. The number of hydrogen-bond acceptors (Lipinski definition) is 12. The zero-order valence-electron chi connectivity index (χ0n) is 17.7. The van der Waals surface area contributed by atoms with Gasteiger partial charge in [-0.15, -0.1) is 0 Å². The van der Waals surface area contributed by atoms with Gasteiger partial charge in [-0.1, -0.05) is 0 Å². The molecule has 14 nitrogen and oxygen atoms in total. The van der Waals surface area contributed by atoms with Gasteiger partial charge in [0.2, 0.25) is 5.92 Å². The van der Waals surface area contributed by atoms with Gasteiger partial charge >= 0.3 is 17.9 Å². The van der Waals surface area contributed by atoms with Gasteiger partial charge in [0.05, 0.1) is 37.6 Å². The van der Waals surface area contributed by atoms with Gasteiger partial charge in [-0.2, -0.15) is 0 Å². The molecule has 2 rings (SSSR count). The summed E-state index contributed by atoms with van der Waals surface area (Å²) >= 11 is 6.09. The third-order valence-electron chi connectivity index (χ3n) is 3.86. The minimum atomic E-state index is -1.59. The first-order chi connectivity index (χ1) is 16.0. The predicted molar refractivity (Wildman–Crippen MR) is 120 cm³/mol. The van der Waals surface area contributed by atoms with Crippen LogP contribution in [0.1, 0.15) is 17.3 Å². The van der Waals surface area contributed by atoms with Crippen molar-refractivity contribution in [2.24, 2.45) is 0 Å². The normalized spacial score (nSPS) is 9.94. The third kappa shape index (κ3) is 7.80. The van der Waals surface area contributed by atoms with Crippen molar-refractivity contribution >= 4 is 61.1 Å². The van der Waals surface area contributed by atoms with E-state index in [2.05, 4.69) is 56.0 Å². The lowest BCUT2D eigenvalue weighted by molar-refractivity contribution is -0.386. The number of halogens is 2. The number of methoxy groups -OCH3 is 3. The molecule has 0 saturated heterocycles. The van der Waals surface area contributed by atoms with Gasteiger partial charge in [0.15, 0.2) is 0 Å². The molecule has 0 saturated carbocycles. The fourth-order valence-electron chi connectivity index (χ4n) is 2.32. The molecule has 0 amide bonds. The van der Waals surface area contributed by atoms with E-state index in [4.69, 9.17) is 0 Å². The monoisotopic (exact) mass is 606 g/mol. The van der Waals surface area contributed by atoms with Crippen molar-refractivity contribution in [1.82, 2.24) is 9.97 Å². The molecular weight excluding hydrogens is 592 g/mol. The summed E-state index contributed by atoms with van der Waals surface area (Å²) in [7, 11) is 3.33. The Morgan fingerprint density at radius 2 is 1.35 bits per heavy atom. The van der Waals surface area contributed by atoms with Crippen LogP contribution in [0.3, 0.4) is 0 Å². The van der Waals surface area contributed by atoms with Crippen LogP contribution in [-0.2, 0) is 35.0 Å². The molecular formula is C18H16Br2N4O10. The lowest BCUT2D eigenvalue weighted by atomic mass is 10.0. The molecule has 0 aliphatic heterocycles. The average Bonchev–Trinajstić information content (AvgIpc) is 2.80. The third-order valence-corrected chi connectivity index (χ3v) is 4.73. The second-order valence-electron chi connectivity index (χ2n) is 5.92. The van der Waals surface area contributed by atoms with Crippen LogP contribution in [0.4, 0.5) is 11.4 Å². The fraction of sp³-hybridized carbons (Fsp3) is 0.278. The number of pyridine rings is 2. The fourth-order valence-corrected chi connectivity index (χ4v) is 2.96. The van der Waals surface area contributed by atoms with Crippen molar-refractivity contribution in [2.75, 3.05) is 21.3 Å². The minimum absolute atomic E-state index is 0.0926. The Morgan fingerprint density at radius 1 is 0.882 bits per heavy atom. The molecule has 0 aliphatic carbocycles. The first kappa shape index (κ1) is 28.5. The number of carbonyl (C=O) groups excluding carboxylic acids is 3. The number of aromatic nitrogens is 2. The number of rotatable bonds is 7. The molecule has 2 aromatic rings. The lowest BCUT2D eigenvalue weighted by Gasteiger charge is -2.12. The van der Waals surface area contributed by atoms with Gasteiger partial charge in [-0.25, -0.2) is 0 Å². The number of ether oxygens (including phenoxy) is 3. The standard InChI is InChI=1S/C10H9BrN2O6.C8H7BrN2O4/c1-18-9(14)7(10(15)19-2)8-6(13(16)17)3-5(11)4-12-8;1-15-8(12)3-6-7(11(13)14)2-5(9)4-10-6/h3-4,7H,1-2H3;2,4H,3H2,1H3. The van der Waals surface area contributed by atoms with E-state index in [1.807, 2.05) is 0 Å². The summed E-state index contributed by atoms with van der Waals surface area (Å²) in [6.07, 6.45) is 2.42. The van der Waals surface area contributed by atoms with Gasteiger partial charge in [0, 0.05) is 33.5 Å². The van der Waals surface area contributed by atoms with Crippen LogP contribution in [-0.4, -0.2) is 59.1 Å². The molecule has 0 radical (unpaired) electrons. The summed E-state index contributed by atoms with van der Waals surface area (Å²) in [6, 6.07) is 2.44. The summed E-state index contributed by atoms with van der Waals surface area (Å²) < 4.78 is 14.1. The van der Waals surface area contributed by atoms with Crippen molar-refractivity contribution in [3.8, 4) is 0 Å². The van der Waals surface area contributed by atoms with Crippen molar-refractivity contribution in [3.05, 3.63) is 65.1 Å². The maximum absolute atomic E-state index is 11.6. The van der Waals surface area contributed by atoms with E-state index < -0.39 is 39.4 Å². The van der Waals surface area contributed by atoms with E-state index in [-0.39, 0.29) is 23.5 Å². The Labute approximate surface area is 208 Å². The van der Waals surface area contributed by atoms with Gasteiger partial charge in [-0.05, 0) is 31.9 Å². The Morgan fingerprint density at radius 3 is 1.79 bits per heavy atom. The first-order valence-electron chi connectivity index (χ1n) is 8.77. The van der Waals surface area contributed by atoms with Crippen LogP contribution in [0.25, 0.3) is 0 Å². The van der Waals surface area contributed by atoms with Crippen LogP contribution in [0.15, 0.2) is 33.5 Å². The molecule has 2 aromatic heterocycles. The topological polar surface area (TPSA) is 191 Å². The lowest BCUT2D eigenvalue weighted by Crippen LogP contribution is -2.26. The van der Waals surface area contributed by atoms with E-state index in [0.29, 0.717) is 8.95 Å². The number of carbonyl (C=O) groups is 3. The second kappa shape index (κ2) is 13.2. The summed E-state index contributed by atoms with van der Waals surface area (Å²) in [4.78, 5) is 61.9. The van der Waals surface area contributed by atoms with Crippen LogP contribution >= 0.6 is 31.9 Å². The largest absolute Gasteiger partial charge is 0.469 e. The number of hydrogen-bond donors (Lipinski definition) is 0. The Bertz CT molecular complexity index is 1100. The molecule has 0 aromatic carbocycles. The molecule has 16 heteroatoms. The maximum Gasteiger partial charge on any atom is 0.326 e. The van der Waals surface area contributed by atoms with E-state index >= 15 is 0 Å². The summed E-state index contributed by atoms with van der Waals surface area (Å²) in [5.41, 5.74) is -0.910. The highest BCUT2D eigenvalue weighted by Crippen LogP contribution is 2.29. The van der Waals surface area contributed by atoms with Crippen LogP contribution in [0.5, 0.6) is 0 Å². The van der Waals surface area contributed by atoms with E-state index in [1.54, 1.807) is 0 Å². The molecule has 0 spiro atoms. The Kier molecular flexibility index (Phi) is 11.1. The number of esters is 3. The minimum Gasteiger partial charge on any atom is -0.469 e. The zero-order chi connectivity index (χ0) is 26.0. The number of nitro groups is 2. The molecule has 182 valence electrons. The number of nitrogens with zero attached hydrogens (tertiary/aromatic N) is 4. The maximum atomic E-state index is 11.6. The Balaban J connectivity index is 0.000000350. The van der Waals surface area contributed by atoms with Gasteiger partial charge in [0.25, 0.3) is 11.4 Å². The molecule has 0 atom stereocenters. The predicted octanol–water partition coefficient (Wildman–Crippen LogP) is 2.65. The smallest absolute Gasteiger partial charge is 0.326 e. The molecule has 2 heterocycles. The second-order valence-corrected chi connectivity index (χ2v) is 7.76. The van der Waals surface area contributed by atoms with E-state index in [9.17, 15) is 34.6 Å². The molecule has 0 unspecified atom stereocenters. The van der Waals surface area contributed by atoms with Crippen molar-refractivity contribution < 1.29 is 38.4 Å². The van der Waals surface area contributed by atoms with Crippen LogP contribution in [0, 0.1) is 20.2 Å². The average molecular weight is 608 g/mol. The Hall–Kier alpha value is -3.53. The molecule has 0 fully saturated rings. The zero-order valence-corrected chi connectivity index (χ0v) is 20.9. The molecule has 0 bridgehead atoms. The van der Waals surface area contributed by atoms with Gasteiger partial charge in [0.1, 0.15) is 11.4 Å². The summed E-state index contributed by atoms with van der Waals surface area (Å²) in [5, 5.41) is 21.6. The van der Waals surface area contributed by atoms with Crippen LogP contribution in [0.2, 0.25) is 0 Å². The first-order valence-corrected chi connectivity index (χ1v) is 10.4. The highest BCUT2D eigenvalue weighted by atomic mass is 79.9. The quantitative estimate of drug-likeness (QED) is 0.147. The molecule has 34 heavy (non-hydrogen) atoms. The summed E-state index contributed by atoms with van der Waals surface area (Å²) in [6.45, 7) is 0. The molecule has 0 N–H and O–H groups in total. The van der Waals surface area contributed by atoms with Crippen molar-refractivity contribution in [2.45, 2.75) is 12.3 Å². The summed E-state index contributed by atoms with van der Waals surface area (Å²) in [5.74, 6) is -4.12. The highest BCUT2D eigenvalue weighted by molar-refractivity contribution is 9.10.